The molecule has 1 aromatic carbocycles. The van der Waals surface area contributed by atoms with Gasteiger partial charge in [0.05, 0.1) is 6.54 Å². The van der Waals surface area contributed by atoms with E-state index in [1.807, 2.05) is 0 Å². The van der Waals surface area contributed by atoms with Gasteiger partial charge in [-0.15, -0.1) is 0 Å². The van der Waals surface area contributed by atoms with Crippen LogP contribution in [0.5, 0.6) is 5.75 Å². The van der Waals surface area contributed by atoms with Gasteiger partial charge in [0.1, 0.15) is 11.6 Å². The maximum atomic E-state index is 12.9. The van der Waals surface area contributed by atoms with E-state index in [9.17, 15) is 19.1 Å². The van der Waals surface area contributed by atoms with Crippen LogP contribution in [-0.4, -0.2) is 29.6 Å². The molecule has 1 aliphatic rings. The third-order valence-corrected chi connectivity index (χ3v) is 4.41. The number of nitrogens with one attached hydrogen (secondary N) is 1. The second kappa shape index (κ2) is 7.64. The van der Waals surface area contributed by atoms with Crippen LogP contribution in [0.4, 0.5) is 4.39 Å². The van der Waals surface area contributed by atoms with Crippen LogP contribution in [0.1, 0.15) is 39.5 Å². The first-order chi connectivity index (χ1) is 11.3. The summed E-state index contributed by atoms with van der Waals surface area (Å²) in [5.41, 5.74) is 0.136. The topological polar surface area (TPSA) is 75.6 Å². The molecule has 24 heavy (non-hydrogen) atoms. The molecular formula is C18H24FNO4. The van der Waals surface area contributed by atoms with E-state index < -0.39 is 17.9 Å². The number of halogens is 1. The lowest BCUT2D eigenvalue weighted by Gasteiger charge is -2.34. The number of aliphatic carboxylic acids is 1. The molecular weight excluding hydrogens is 313 g/mol. The first-order valence-corrected chi connectivity index (χ1v) is 8.19. The summed E-state index contributed by atoms with van der Waals surface area (Å²) in [5, 5.41) is 11.9. The van der Waals surface area contributed by atoms with E-state index in [0.29, 0.717) is 0 Å². The SMILES string of the molecule is CC1(C)CCCC(C(=O)NCC(Oc2ccc(F)cc2)C(=O)O)C1. The molecule has 0 saturated heterocycles. The molecule has 132 valence electrons. The molecule has 2 unspecified atom stereocenters. The van der Waals surface area contributed by atoms with Gasteiger partial charge >= 0.3 is 5.97 Å². The highest BCUT2D eigenvalue weighted by molar-refractivity contribution is 5.80. The lowest BCUT2D eigenvalue weighted by molar-refractivity contribution is -0.145. The number of hydrogen-bond donors (Lipinski definition) is 2. The van der Waals surface area contributed by atoms with Crippen LogP contribution in [-0.2, 0) is 9.59 Å². The molecule has 1 fully saturated rings. The second-order valence-electron chi connectivity index (χ2n) is 7.10. The summed E-state index contributed by atoms with van der Waals surface area (Å²) >= 11 is 0. The van der Waals surface area contributed by atoms with Crippen molar-refractivity contribution in [3.63, 3.8) is 0 Å². The van der Waals surface area contributed by atoms with Crippen molar-refractivity contribution in [2.75, 3.05) is 6.54 Å². The van der Waals surface area contributed by atoms with E-state index in [2.05, 4.69) is 19.2 Å². The summed E-state index contributed by atoms with van der Waals surface area (Å²) in [4.78, 5) is 23.6. The predicted molar refractivity (Wildman–Crippen MR) is 87.2 cm³/mol. The maximum Gasteiger partial charge on any atom is 0.346 e. The zero-order chi connectivity index (χ0) is 17.7. The number of amides is 1. The Hall–Kier alpha value is -2.11. The molecule has 2 N–H and O–H groups in total. The van der Waals surface area contributed by atoms with Gasteiger partial charge in [0, 0.05) is 5.92 Å². The van der Waals surface area contributed by atoms with Gasteiger partial charge in [-0.25, -0.2) is 9.18 Å². The lowest BCUT2D eigenvalue weighted by Crippen LogP contribution is -2.43. The molecule has 6 heteroatoms. The fourth-order valence-electron chi connectivity index (χ4n) is 3.12. The summed E-state index contributed by atoms with van der Waals surface area (Å²) in [5.74, 6) is -1.58. The summed E-state index contributed by atoms with van der Waals surface area (Å²) in [6.45, 7) is 4.16. The number of rotatable bonds is 6. The van der Waals surface area contributed by atoms with Gasteiger partial charge < -0.3 is 15.2 Å². The van der Waals surface area contributed by atoms with Crippen LogP contribution in [0.3, 0.4) is 0 Å². The van der Waals surface area contributed by atoms with E-state index in [4.69, 9.17) is 4.74 Å². The van der Waals surface area contributed by atoms with Crippen molar-refractivity contribution < 1.29 is 23.8 Å². The second-order valence-corrected chi connectivity index (χ2v) is 7.10. The molecule has 1 amide bonds. The number of carboxylic acid groups (broad SMARTS) is 1. The van der Waals surface area contributed by atoms with Crippen LogP contribution >= 0.6 is 0 Å². The summed E-state index contributed by atoms with van der Waals surface area (Å²) in [7, 11) is 0. The molecule has 0 aromatic heterocycles. The Labute approximate surface area is 141 Å². The van der Waals surface area contributed by atoms with Gasteiger partial charge in [-0.05, 0) is 48.9 Å². The van der Waals surface area contributed by atoms with Crippen LogP contribution in [0.15, 0.2) is 24.3 Å². The van der Waals surface area contributed by atoms with Crippen molar-refractivity contribution in [3.8, 4) is 5.75 Å². The van der Waals surface area contributed by atoms with Crippen LogP contribution in [0, 0.1) is 17.2 Å². The van der Waals surface area contributed by atoms with Gasteiger partial charge in [0.2, 0.25) is 12.0 Å². The van der Waals surface area contributed by atoms with Gasteiger partial charge in [-0.2, -0.15) is 0 Å². The largest absolute Gasteiger partial charge is 0.478 e. The molecule has 1 aromatic rings. The van der Waals surface area contributed by atoms with Gasteiger partial charge in [0.15, 0.2) is 0 Å². The highest BCUT2D eigenvalue weighted by atomic mass is 19.1. The van der Waals surface area contributed by atoms with Gasteiger partial charge in [-0.3, -0.25) is 4.79 Å². The van der Waals surface area contributed by atoms with Crippen molar-refractivity contribution in [2.24, 2.45) is 11.3 Å². The minimum atomic E-state index is -1.21. The van der Waals surface area contributed by atoms with Gasteiger partial charge in [-0.1, -0.05) is 20.3 Å². The quantitative estimate of drug-likeness (QED) is 0.837. The summed E-state index contributed by atoms with van der Waals surface area (Å²) in [6, 6.07) is 5.10. The first-order valence-electron chi connectivity index (χ1n) is 8.19. The fourth-order valence-corrected chi connectivity index (χ4v) is 3.12. The van der Waals surface area contributed by atoms with E-state index in [1.54, 1.807) is 0 Å². The molecule has 0 aliphatic heterocycles. The van der Waals surface area contributed by atoms with Crippen LogP contribution < -0.4 is 10.1 Å². The number of carbonyl (C=O) groups is 2. The Bertz CT molecular complexity index is 585. The Balaban J connectivity index is 1.90. The van der Waals surface area contributed by atoms with Crippen molar-refractivity contribution in [3.05, 3.63) is 30.1 Å². The molecule has 0 radical (unpaired) electrons. The van der Waals surface area contributed by atoms with Crippen LogP contribution in [0.2, 0.25) is 0 Å². The average Bonchev–Trinajstić information content (AvgIpc) is 2.51. The van der Waals surface area contributed by atoms with E-state index in [-0.39, 0.29) is 29.5 Å². The summed E-state index contributed by atoms with van der Waals surface area (Å²) < 4.78 is 18.2. The Morgan fingerprint density at radius 3 is 2.62 bits per heavy atom. The first kappa shape index (κ1) is 18.2. The Morgan fingerprint density at radius 1 is 1.38 bits per heavy atom. The third-order valence-electron chi connectivity index (χ3n) is 4.41. The number of ether oxygens (including phenoxy) is 1. The lowest BCUT2D eigenvalue weighted by atomic mass is 9.72. The molecule has 0 heterocycles. The van der Waals surface area contributed by atoms with Crippen molar-refractivity contribution >= 4 is 11.9 Å². The van der Waals surface area contributed by atoms with Crippen molar-refractivity contribution in [2.45, 2.75) is 45.6 Å². The minimum Gasteiger partial charge on any atom is -0.478 e. The Morgan fingerprint density at radius 2 is 2.04 bits per heavy atom. The zero-order valence-electron chi connectivity index (χ0n) is 14.0. The van der Waals surface area contributed by atoms with E-state index in [1.165, 1.54) is 24.3 Å². The van der Waals surface area contributed by atoms with Crippen molar-refractivity contribution in [1.29, 1.82) is 0 Å². The average molecular weight is 337 g/mol. The number of carbonyl (C=O) groups excluding carboxylic acids is 1. The molecule has 2 rings (SSSR count). The smallest absolute Gasteiger partial charge is 0.346 e. The molecule has 1 saturated carbocycles. The minimum absolute atomic E-state index is 0.0889. The molecule has 2 atom stereocenters. The maximum absolute atomic E-state index is 12.9. The number of benzene rings is 1. The normalized spacial score (nSPS) is 20.9. The highest BCUT2D eigenvalue weighted by Gasteiger charge is 2.32. The zero-order valence-corrected chi connectivity index (χ0v) is 14.0. The molecule has 0 spiro atoms. The van der Waals surface area contributed by atoms with Crippen molar-refractivity contribution in [1.82, 2.24) is 5.32 Å². The number of hydrogen-bond acceptors (Lipinski definition) is 3. The molecule has 1 aliphatic carbocycles. The van der Waals surface area contributed by atoms with Crippen LogP contribution in [0.25, 0.3) is 0 Å². The molecule has 0 bridgehead atoms. The number of carboxylic acids is 1. The third kappa shape index (κ3) is 5.22. The molecule has 5 nitrogen and oxygen atoms in total. The Kier molecular flexibility index (Phi) is 5.80. The standard InChI is InChI=1S/C18H24FNO4/c1-18(2)9-3-4-12(10-18)16(21)20-11-15(17(22)23)24-14-7-5-13(19)6-8-14/h5-8,12,15H,3-4,9-11H2,1-2H3,(H,20,21)(H,22,23). The fraction of sp³-hybridized carbons (Fsp3) is 0.556. The summed E-state index contributed by atoms with van der Waals surface area (Å²) in [6.07, 6.45) is 2.51. The van der Waals surface area contributed by atoms with Gasteiger partial charge in [0.25, 0.3) is 0 Å². The predicted octanol–water partition coefficient (Wildman–Crippen LogP) is 2.99. The van der Waals surface area contributed by atoms with E-state index >= 15 is 0 Å². The van der Waals surface area contributed by atoms with E-state index in [0.717, 1.165) is 25.7 Å². The highest BCUT2D eigenvalue weighted by Crippen LogP contribution is 2.38. The monoisotopic (exact) mass is 337 g/mol.